The fourth-order valence-electron chi connectivity index (χ4n) is 3.97. The van der Waals surface area contributed by atoms with E-state index < -0.39 is 29.8 Å². The maximum absolute atomic E-state index is 14.3. The number of benzene rings is 2. The SMILES string of the molecule is NCCCCCC(=O)N[C@H](C[C@@H](Cc1ccc(-c2cc(Cl)ccc2F)cc1)NC(=O)c1cn[nH]n1)C(=O)O. The minimum atomic E-state index is -1.22. The number of rotatable bonds is 14. The number of carbonyl (C=O) groups is 3. The topological polar surface area (TPSA) is 163 Å². The number of nitrogens with zero attached hydrogens (tertiary/aromatic N) is 2. The number of unbranched alkanes of at least 4 members (excludes halogenated alkanes) is 2. The van der Waals surface area contributed by atoms with Crippen molar-refractivity contribution < 1.29 is 23.9 Å². The monoisotopic (exact) mass is 544 g/mol. The van der Waals surface area contributed by atoms with Crippen LogP contribution >= 0.6 is 11.6 Å². The Morgan fingerprint density at radius 2 is 1.84 bits per heavy atom. The summed E-state index contributed by atoms with van der Waals surface area (Å²) in [5.41, 5.74) is 7.23. The van der Waals surface area contributed by atoms with Gasteiger partial charge in [-0.2, -0.15) is 15.4 Å². The minimum Gasteiger partial charge on any atom is -0.480 e. The zero-order valence-corrected chi connectivity index (χ0v) is 21.4. The maximum atomic E-state index is 14.3. The number of amides is 2. The molecule has 0 aliphatic carbocycles. The quantitative estimate of drug-likeness (QED) is 0.195. The molecule has 3 aromatic rings. The maximum Gasteiger partial charge on any atom is 0.326 e. The third-order valence-electron chi connectivity index (χ3n) is 5.92. The van der Waals surface area contributed by atoms with E-state index in [0.717, 1.165) is 18.4 Å². The Balaban J connectivity index is 1.74. The van der Waals surface area contributed by atoms with E-state index in [-0.39, 0.29) is 30.9 Å². The largest absolute Gasteiger partial charge is 0.480 e. The van der Waals surface area contributed by atoms with E-state index in [9.17, 15) is 23.9 Å². The van der Waals surface area contributed by atoms with Crippen molar-refractivity contribution in [2.75, 3.05) is 6.54 Å². The number of hydrogen-bond donors (Lipinski definition) is 5. The van der Waals surface area contributed by atoms with Crippen LogP contribution in [0.3, 0.4) is 0 Å². The number of carbonyl (C=O) groups excluding carboxylic acids is 2. The molecule has 0 saturated carbocycles. The summed E-state index contributed by atoms with van der Waals surface area (Å²) in [6.45, 7) is 0.529. The summed E-state index contributed by atoms with van der Waals surface area (Å²) in [5.74, 6) is -2.56. The molecular weight excluding hydrogens is 515 g/mol. The van der Waals surface area contributed by atoms with E-state index in [0.29, 0.717) is 29.1 Å². The van der Waals surface area contributed by atoms with Crippen molar-refractivity contribution in [3.05, 3.63) is 70.8 Å². The van der Waals surface area contributed by atoms with Gasteiger partial charge < -0.3 is 21.5 Å². The van der Waals surface area contributed by atoms with Gasteiger partial charge in [-0.1, -0.05) is 42.3 Å². The summed E-state index contributed by atoms with van der Waals surface area (Å²) in [5, 5.41) is 25.2. The van der Waals surface area contributed by atoms with Crippen molar-refractivity contribution in [1.29, 1.82) is 0 Å². The van der Waals surface area contributed by atoms with Gasteiger partial charge in [0.05, 0.1) is 6.20 Å². The van der Waals surface area contributed by atoms with Gasteiger partial charge in [0.1, 0.15) is 11.9 Å². The number of carboxylic acid groups (broad SMARTS) is 1. The van der Waals surface area contributed by atoms with Gasteiger partial charge in [0.2, 0.25) is 5.91 Å². The first-order valence-corrected chi connectivity index (χ1v) is 12.6. The second-order valence-corrected chi connectivity index (χ2v) is 9.28. The molecular formula is C26H30ClFN6O4. The normalized spacial score (nSPS) is 12.5. The van der Waals surface area contributed by atoms with E-state index in [4.69, 9.17) is 17.3 Å². The van der Waals surface area contributed by atoms with Gasteiger partial charge in [-0.3, -0.25) is 9.59 Å². The third kappa shape index (κ3) is 8.63. The van der Waals surface area contributed by atoms with Crippen LogP contribution in [0.1, 0.15) is 48.2 Å². The second kappa shape index (κ2) is 14.2. The van der Waals surface area contributed by atoms with Crippen LogP contribution in [0.15, 0.2) is 48.7 Å². The van der Waals surface area contributed by atoms with Crippen molar-refractivity contribution in [3.8, 4) is 11.1 Å². The lowest BCUT2D eigenvalue weighted by Gasteiger charge is -2.23. The van der Waals surface area contributed by atoms with Crippen LogP contribution in [0.2, 0.25) is 5.02 Å². The molecule has 1 aromatic heterocycles. The van der Waals surface area contributed by atoms with Gasteiger partial charge in [-0.05, 0) is 61.6 Å². The van der Waals surface area contributed by atoms with E-state index in [1.807, 2.05) is 0 Å². The molecule has 0 saturated heterocycles. The van der Waals surface area contributed by atoms with Crippen molar-refractivity contribution in [3.63, 3.8) is 0 Å². The first-order chi connectivity index (χ1) is 18.3. The summed E-state index contributed by atoms with van der Waals surface area (Å²) in [6, 6.07) is 9.35. The number of carboxylic acids is 1. The number of H-pyrrole nitrogens is 1. The molecule has 0 radical (unpaired) electrons. The molecule has 0 spiro atoms. The molecule has 0 fully saturated rings. The number of halogens is 2. The summed E-state index contributed by atoms with van der Waals surface area (Å²) in [4.78, 5) is 37.0. The lowest BCUT2D eigenvalue weighted by Crippen LogP contribution is -2.47. The van der Waals surface area contributed by atoms with Crippen LogP contribution in [-0.4, -0.2) is 56.9 Å². The van der Waals surface area contributed by atoms with Gasteiger partial charge in [0, 0.05) is 23.0 Å². The molecule has 0 aliphatic heterocycles. The molecule has 6 N–H and O–H groups in total. The van der Waals surface area contributed by atoms with E-state index in [2.05, 4.69) is 26.0 Å². The fourth-order valence-corrected chi connectivity index (χ4v) is 4.14. The Hall–Kier alpha value is -3.83. The number of aromatic amines is 1. The minimum absolute atomic E-state index is 0.0394. The number of aliphatic carboxylic acids is 1. The predicted octanol–water partition coefficient (Wildman–Crippen LogP) is 3.08. The Morgan fingerprint density at radius 3 is 2.50 bits per heavy atom. The summed E-state index contributed by atoms with van der Waals surface area (Å²) < 4.78 is 14.3. The Bertz CT molecular complexity index is 1220. The van der Waals surface area contributed by atoms with Gasteiger partial charge in [-0.25, -0.2) is 9.18 Å². The first kappa shape index (κ1) is 28.7. The van der Waals surface area contributed by atoms with Crippen molar-refractivity contribution in [1.82, 2.24) is 26.0 Å². The summed E-state index contributed by atoms with van der Waals surface area (Å²) in [7, 11) is 0. The van der Waals surface area contributed by atoms with Crippen LogP contribution in [0.4, 0.5) is 4.39 Å². The Labute approximate surface area is 224 Å². The lowest BCUT2D eigenvalue weighted by molar-refractivity contribution is -0.142. The molecule has 3 rings (SSSR count). The van der Waals surface area contributed by atoms with Crippen LogP contribution < -0.4 is 16.4 Å². The number of nitrogens with one attached hydrogen (secondary N) is 3. The molecule has 10 nitrogen and oxygen atoms in total. The zero-order valence-electron chi connectivity index (χ0n) is 20.6. The highest BCUT2D eigenvalue weighted by molar-refractivity contribution is 6.30. The molecule has 0 bridgehead atoms. The van der Waals surface area contributed by atoms with E-state index in [1.165, 1.54) is 24.4 Å². The molecule has 2 aromatic carbocycles. The molecule has 1 heterocycles. The van der Waals surface area contributed by atoms with Gasteiger partial charge in [0.25, 0.3) is 5.91 Å². The number of nitrogens with two attached hydrogens (primary N) is 1. The molecule has 0 unspecified atom stereocenters. The number of hydrogen-bond acceptors (Lipinski definition) is 6. The number of aromatic nitrogens is 3. The molecule has 0 aliphatic rings. The molecule has 202 valence electrons. The second-order valence-electron chi connectivity index (χ2n) is 8.84. The average Bonchev–Trinajstić information content (AvgIpc) is 3.43. The molecule has 12 heteroatoms. The van der Waals surface area contributed by atoms with Gasteiger partial charge >= 0.3 is 5.97 Å². The zero-order chi connectivity index (χ0) is 27.5. The highest BCUT2D eigenvalue weighted by atomic mass is 35.5. The molecule has 2 amide bonds. The summed E-state index contributed by atoms with van der Waals surface area (Å²) in [6.07, 6.45) is 3.76. The molecule has 2 atom stereocenters. The van der Waals surface area contributed by atoms with Crippen molar-refractivity contribution in [2.24, 2.45) is 5.73 Å². The Morgan fingerprint density at radius 1 is 1.08 bits per heavy atom. The first-order valence-electron chi connectivity index (χ1n) is 12.2. The van der Waals surface area contributed by atoms with Crippen LogP contribution in [0, 0.1) is 5.82 Å². The van der Waals surface area contributed by atoms with Crippen LogP contribution in [0.5, 0.6) is 0 Å². The average molecular weight is 545 g/mol. The highest BCUT2D eigenvalue weighted by Gasteiger charge is 2.26. The molecule has 38 heavy (non-hydrogen) atoms. The van der Waals surface area contributed by atoms with Crippen molar-refractivity contribution in [2.45, 2.75) is 50.6 Å². The Kier molecular flexibility index (Phi) is 10.7. The van der Waals surface area contributed by atoms with Crippen LogP contribution in [0.25, 0.3) is 11.1 Å². The fraction of sp³-hybridized carbons (Fsp3) is 0.346. The van der Waals surface area contributed by atoms with Crippen molar-refractivity contribution >= 4 is 29.4 Å². The van der Waals surface area contributed by atoms with E-state index in [1.54, 1.807) is 24.3 Å². The third-order valence-corrected chi connectivity index (χ3v) is 6.15. The van der Waals surface area contributed by atoms with Gasteiger partial charge in [-0.15, -0.1) is 0 Å². The predicted molar refractivity (Wildman–Crippen MR) is 140 cm³/mol. The highest BCUT2D eigenvalue weighted by Crippen LogP contribution is 2.26. The standard InChI is InChI=1S/C26H30ClFN6O4/c27-18-9-10-21(28)20(13-18)17-7-5-16(6-8-17)12-19(31-25(36)23-15-30-34-33-23)14-22(26(37)38)32-24(35)4-2-1-3-11-29/h5-10,13,15,19,22H,1-4,11-12,14,29H2,(H,31,36)(H,32,35)(H,37,38)(H,30,33,34)/t19-,22-/m1/s1. The van der Waals surface area contributed by atoms with Crippen LogP contribution in [-0.2, 0) is 16.0 Å². The van der Waals surface area contributed by atoms with Gasteiger partial charge in [0.15, 0.2) is 5.69 Å². The van der Waals surface area contributed by atoms with E-state index >= 15 is 0 Å². The lowest BCUT2D eigenvalue weighted by atomic mass is 9.96. The summed E-state index contributed by atoms with van der Waals surface area (Å²) >= 11 is 6.01. The smallest absolute Gasteiger partial charge is 0.326 e.